The Balaban J connectivity index is 1.32. The largest absolute Gasteiger partial charge is 0.301 e. The van der Waals surface area contributed by atoms with E-state index in [9.17, 15) is 9.59 Å². The van der Waals surface area contributed by atoms with Crippen molar-refractivity contribution in [1.29, 1.82) is 0 Å². The van der Waals surface area contributed by atoms with E-state index in [1.807, 2.05) is 60.7 Å². The maximum Gasteiger partial charge on any atom is 0.251 e. The van der Waals surface area contributed by atoms with E-state index in [1.54, 1.807) is 11.3 Å². The SMILES string of the molecule is Cc1ccc2nc(-c3ccc(N4C(=O)C[C@@H](NCc5ccccc5)C4=O)cc3)sc2c1. The monoisotopic (exact) mass is 427 g/mol. The van der Waals surface area contributed by atoms with Gasteiger partial charge in [-0.05, 0) is 54.4 Å². The molecule has 31 heavy (non-hydrogen) atoms. The summed E-state index contributed by atoms with van der Waals surface area (Å²) in [6, 6.07) is 23.1. The minimum atomic E-state index is -0.500. The molecule has 6 heteroatoms. The fourth-order valence-corrected chi connectivity index (χ4v) is 4.88. The number of hydrogen-bond acceptors (Lipinski definition) is 5. The highest BCUT2D eigenvalue weighted by atomic mass is 32.1. The third-order valence-corrected chi connectivity index (χ3v) is 6.53. The molecule has 1 fully saturated rings. The summed E-state index contributed by atoms with van der Waals surface area (Å²) in [7, 11) is 0. The van der Waals surface area contributed by atoms with Gasteiger partial charge in [-0.25, -0.2) is 9.88 Å². The number of thiazole rings is 1. The highest BCUT2D eigenvalue weighted by Crippen LogP contribution is 2.32. The van der Waals surface area contributed by atoms with Gasteiger partial charge in [-0.1, -0.05) is 36.4 Å². The van der Waals surface area contributed by atoms with Crippen LogP contribution in [0.2, 0.25) is 0 Å². The average molecular weight is 428 g/mol. The van der Waals surface area contributed by atoms with Crippen LogP contribution in [0.15, 0.2) is 72.8 Å². The average Bonchev–Trinajstić information content (AvgIpc) is 3.33. The fraction of sp³-hybridized carbons (Fsp3) is 0.160. The Bertz CT molecular complexity index is 1270. The number of aryl methyl sites for hydroxylation is 1. The van der Waals surface area contributed by atoms with Crippen LogP contribution >= 0.6 is 11.3 Å². The zero-order valence-corrected chi connectivity index (χ0v) is 17.9. The van der Waals surface area contributed by atoms with E-state index in [1.165, 1.54) is 10.5 Å². The number of imide groups is 1. The van der Waals surface area contributed by atoms with Crippen molar-refractivity contribution in [2.24, 2.45) is 0 Å². The Morgan fingerprint density at radius 3 is 2.58 bits per heavy atom. The van der Waals surface area contributed by atoms with Crippen molar-refractivity contribution in [2.45, 2.75) is 25.9 Å². The van der Waals surface area contributed by atoms with Crippen LogP contribution in [0.4, 0.5) is 5.69 Å². The molecule has 4 aromatic rings. The number of aromatic nitrogens is 1. The van der Waals surface area contributed by atoms with Crippen molar-refractivity contribution in [3.63, 3.8) is 0 Å². The summed E-state index contributed by atoms with van der Waals surface area (Å²) in [6.45, 7) is 2.62. The first-order valence-corrected chi connectivity index (χ1v) is 11.0. The second-order valence-corrected chi connectivity index (χ2v) is 8.76. The van der Waals surface area contributed by atoms with E-state index in [2.05, 4.69) is 24.4 Å². The molecular weight excluding hydrogens is 406 g/mol. The molecule has 1 N–H and O–H groups in total. The molecule has 0 unspecified atom stereocenters. The first kappa shape index (κ1) is 19.6. The molecule has 0 radical (unpaired) electrons. The molecule has 3 aromatic carbocycles. The number of fused-ring (bicyclic) bond motifs is 1. The summed E-state index contributed by atoms with van der Waals surface area (Å²) in [6.07, 6.45) is 0.171. The lowest BCUT2D eigenvalue weighted by Gasteiger charge is -2.16. The lowest BCUT2D eigenvalue weighted by atomic mass is 10.2. The van der Waals surface area contributed by atoms with Crippen LogP contribution in [0.5, 0.6) is 0 Å². The summed E-state index contributed by atoms with van der Waals surface area (Å²) < 4.78 is 1.15. The lowest BCUT2D eigenvalue weighted by molar-refractivity contribution is -0.121. The van der Waals surface area contributed by atoms with Gasteiger partial charge in [0.15, 0.2) is 0 Å². The molecule has 2 heterocycles. The quantitative estimate of drug-likeness (QED) is 0.469. The first-order valence-electron chi connectivity index (χ1n) is 10.2. The Hall–Kier alpha value is -3.35. The summed E-state index contributed by atoms with van der Waals surface area (Å²) in [4.78, 5) is 31.4. The van der Waals surface area contributed by atoms with Crippen molar-refractivity contribution in [3.05, 3.63) is 83.9 Å². The lowest BCUT2D eigenvalue weighted by Crippen LogP contribution is -2.38. The molecule has 1 aliphatic heterocycles. The second-order valence-electron chi connectivity index (χ2n) is 7.73. The zero-order valence-electron chi connectivity index (χ0n) is 17.0. The van der Waals surface area contributed by atoms with Crippen LogP contribution in [0, 0.1) is 6.92 Å². The summed E-state index contributed by atoms with van der Waals surface area (Å²) in [5.74, 6) is -0.386. The summed E-state index contributed by atoms with van der Waals surface area (Å²) in [5, 5.41) is 4.14. The van der Waals surface area contributed by atoms with Crippen molar-refractivity contribution in [2.75, 3.05) is 4.90 Å². The first-order chi connectivity index (χ1) is 15.1. The van der Waals surface area contributed by atoms with Gasteiger partial charge in [0.05, 0.1) is 28.4 Å². The van der Waals surface area contributed by atoms with E-state index in [-0.39, 0.29) is 18.2 Å². The molecule has 0 aliphatic carbocycles. The number of carbonyl (C=O) groups excluding carboxylic acids is 2. The molecule has 1 aromatic heterocycles. The zero-order chi connectivity index (χ0) is 21.4. The number of benzene rings is 3. The van der Waals surface area contributed by atoms with Crippen LogP contribution in [-0.2, 0) is 16.1 Å². The van der Waals surface area contributed by atoms with E-state index in [0.29, 0.717) is 12.2 Å². The summed E-state index contributed by atoms with van der Waals surface area (Å²) in [5.41, 5.74) is 4.84. The standard InChI is InChI=1S/C25H21N3O2S/c1-16-7-12-20-22(13-16)31-24(27-20)18-8-10-19(11-9-18)28-23(29)14-21(25(28)30)26-15-17-5-3-2-4-6-17/h2-13,21,26H,14-15H2,1H3/t21-/m1/s1. The third kappa shape index (κ3) is 3.87. The maximum absolute atomic E-state index is 12.9. The van der Waals surface area contributed by atoms with Crippen LogP contribution in [-0.4, -0.2) is 22.8 Å². The molecular formula is C25H21N3O2S. The smallest absolute Gasteiger partial charge is 0.251 e. The predicted molar refractivity (Wildman–Crippen MR) is 124 cm³/mol. The van der Waals surface area contributed by atoms with Gasteiger partial charge in [-0.2, -0.15) is 0 Å². The predicted octanol–water partition coefficient (Wildman–Crippen LogP) is 4.69. The van der Waals surface area contributed by atoms with E-state index >= 15 is 0 Å². The summed E-state index contributed by atoms with van der Waals surface area (Å²) >= 11 is 1.64. The molecule has 5 nitrogen and oxygen atoms in total. The minimum Gasteiger partial charge on any atom is -0.301 e. The molecule has 1 saturated heterocycles. The van der Waals surface area contributed by atoms with Crippen LogP contribution in [0.25, 0.3) is 20.8 Å². The highest BCUT2D eigenvalue weighted by molar-refractivity contribution is 7.21. The van der Waals surface area contributed by atoms with Crippen molar-refractivity contribution in [1.82, 2.24) is 10.3 Å². The molecule has 1 aliphatic rings. The third-order valence-electron chi connectivity index (χ3n) is 5.46. The van der Waals surface area contributed by atoms with Gasteiger partial charge in [0.25, 0.3) is 5.91 Å². The Morgan fingerprint density at radius 2 is 1.81 bits per heavy atom. The Kier molecular flexibility index (Phi) is 5.10. The minimum absolute atomic E-state index is 0.171. The molecule has 0 spiro atoms. The van der Waals surface area contributed by atoms with Gasteiger partial charge in [0, 0.05) is 12.1 Å². The van der Waals surface area contributed by atoms with Crippen molar-refractivity contribution in [3.8, 4) is 10.6 Å². The van der Waals surface area contributed by atoms with Gasteiger partial charge in [0.1, 0.15) is 5.01 Å². The topological polar surface area (TPSA) is 62.3 Å². The van der Waals surface area contributed by atoms with E-state index in [0.717, 1.165) is 26.4 Å². The molecule has 5 rings (SSSR count). The number of nitrogens with zero attached hydrogens (tertiary/aromatic N) is 2. The molecule has 0 saturated carbocycles. The number of nitrogens with one attached hydrogen (secondary N) is 1. The van der Waals surface area contributed by atoms with Gasteiger partial charge in [0.2, 0.25) is 5.91 Å². The fourth-order valence-electron chi connectivity index (χ4n) is 3.81. The van der Waals surface area contributed by atoms with Crippen molar-refractivity contribution >= 4 is 39.1 Å². The number of amides is 2. The molecule has 1 atom stereocenters. The number of carbonyl (C=O) groups is 2. The molecule has 154 valence electrons. The van der Waals surface area contributed by atoms with Gasteiger partial charge < -0.3 is 5.32 Å². The molecule has 0 bridgehead atoms. The number of rotatable bonds is 5. The number of hydrogen-bond donors (Lipinski definition) is 1. The molecule has 2 amide bonds. The Morgan fingerprint density at radius 1 is 1.03 bits per heavy atom. The Labute approximate surface area is 184 Å². The van der Waals surface area contributed by atoms with Gasteiger partial charge in [-0.15, -0.1) is 11.3 Å². The van der Waals surface area contributed by atoms with Crippen LogP contribution < -0.4 is 10.2 Å². The van der Waals surface area contributed by atoms with Gasteiger partial charge >= 0.3 is 0 Å². The van der Waals surface area contributed by atoms with E-state index in [4.69, 9.17) is 4.98 Å². The maximum atomic E-state index is 12.9. The normalized spacial score (nSPS) is 16.4. The van der Waals surface area contributed by atoms with E-state index < -0.39 is 6.04 Å². The van der Waals surface area contributed by atoms with Gasteiger partial charge in [-0.3, -0.25) is 9.59 Å². The number of anilines is 1. The van der Waals surface area contributed by atoms with Crippen molar-refractivity contribution < 1.29 is 9.59 Å². The second kappa shape index (κ2) is 8.06. The van der Waals surface area contributed by atoms with Crippen LogP contribution in [0.3, 0.4) is 0 Å². The highest BCUT2D eigenvalue weighted by Gasteiger charge is 2.39. The van der Waals surface area contributed by atoms with Crippen LogP contribution in [0.1, 0.15) is 17.5 Å².